The van der Waals surface area contributed by atoms with E-state index < -0.39 is 0 Å². The van der Waals surface area contributed by atoms with Gasteiger partial charge in [-0.15, -0.1) is 0 Å². The van der Waals surface area contributed by atoms with Gasteiger partial charge in [0.25, 0.3) is 0 Å². The van der Waals surface area contributed by atoms with E-state index in [2.05, 4.69) is 27.1 Å². The lowest BCUT2D eigenvalue weighted by molar-refractivity contribution is 0.505. The lowest BCUT2D eigenvalue weighted by atomic mass is 9.98. The van der Waals surface area contributed by atoms with Gasteiger partial charge in [-0.2, -0.15) is 0 Å². The molecule has 2 aliphatic rings. The maximum atomic E-state index is 6.27. The number of piperidine rings is 1. The summed E-state index contributed by atoms with van der Waals surface area (Å²) >= 11 is 0. The van der Waals surface area contributed by atoms with Crippen LogP contribution in [0.15, 0.2) is 30.9 Å². The number of hydrogen-bond donors (Lipinski definition) is 2. The third kappa shape index (κ3) is 3.55. The van der Waals surface area contributed by atoms with Crippen LogP contribution in [0.25, 0.3) is 5.65 Å². The zero-order valence-corrected chi connectivity index (χ0v) is 16.8. The molecule has 3 aromatic heterocycles. The first-order valence-corrected chi connectivity index (χ1v) is 10.7. The first-order valence-electron chi connectivity index (χ1n) is 10.7. The predicted molar refractivity (Wildman–Crippen MR) is 115 cm³/mol. The molecule has 7 nitrogen and oxygen atoms in total. The van der Waals surface area contributed by atoms with E-state index >= 15 is 0 Å². The summed E-state index contributed by atoms with van der Waals surface area (Å²) in [5, 5.41) is 0. The predicted octanol–water partition coefficient (Wildman–Crippen LogP) is 2.88. The van der Waals surface area contributed by atoms with E-state index in [1.165, 1.54) is 42.6 Å². The van der Waals surface area contributed by atoms with Gasteiger partial charge < -0.3 is 16.4 Å². The number of anilines is 2. The zero-order chi connectivity index (χ0) is 19.8. The van der Waals surface area contributed by atoms with Gasteiger partial charge in [0, 0.05) is 61.4 Å². The average Bonchev–Trinajstić information content (AvgIpc) is 3.39. The molecule has 3 aromatic rings. The highest BCUT2D eigenvalue weighted by Gasteiger charge is 2.24. The van der Waals surface area contributed by atoms with Crippen LogP contribution in [0.3, 0.4) is 0 Å². The molecule has 4 N–H and O–H groups in total. The Hall–Kier alpha value is -2.67. The number of rotatable bonds is 4. The van der Waals surface area contributed by atoms with Crippen LogP contribution < -0.4 is 16.4 Å². The van der Waals surface area contributed by atoms with E-state index in [-0.39, 0.29) is 6.04 Å². The lowest BCUT2D eigenvalue weighted by Gasteiger charge is -2.34. The van der Waals surface area contributed by atoms with E-state index in [1.54, 1.807) is 6.20 Å². The molecule has 2 fully saturated rings. The number of nitrogens with zero attached hydrogens (tertiary/aromatic N) is 5. The van der Waals surface area contributed by atoms with Crippen molar-refractivity contribution in [2.75, 3.05) is 23.7 Å². The van der Waals surface area contributed by atoms with Crippen LogP contribution in [-0.4, -0.2) is 38.5 Å². The molecular weight excluding hydrogens is 362 g/mol. The summed E-state index contributed by atoms with van der Waals surface area (Å²) in [7, 11) is 0. The number of nitrogen functional groups attached to an aromatic ring is 1. The lowest BCUT2D eigenvalue weighted by Crippen LogP contribution is -2.43. The van der Waals surface area contributed by atoms with E-state index in [1.807, 2.05) is 16.8 Å². The molecule has 0 radical (unpaired) electrons. The molecule has 0 unspecified atom stereocenters. The number of nitrogens with two attached hydrogens (primary N) is 2. The Labute approximate surface area is 171 Å². The summed E-state index contributed by atoms with van der Waals surface area (Å²) in [4.78, 5) is 16.0. The molecule has 1 atom stereocenters. The maximum absolute atomic E-state index is 6.27. The van der Waals surface area contributed by atoms with Crippen molar-refractivity contribution in [1.29, 1.82) is 0 Å². The molecular formula is C22H29N7. The Morgan fingerprint density at radius 3 is 2.72 bits per heavy atom. The van der Waals surface area contributed by atoms with E-state index in [9.17, 15) is 0 Å². The third-order valence-corrected chi connectivity index (χ3v) is 6.46. The molecule has 29 heavy (non-hydrogen) atoms. The van der Waals surface area contributed by atoms with Gasteiger partial charge in [0.2, 0.25) is 0 Å². The zero-order valence-electron chi connectivity index (χ0n) is 16.8. The molecule has 0 aromatic carbocycles. The largest absolute Gasteiger partial charge is 0.381 e. The van der Waals surface area contributed by atoms with Crippen LogP contribution in [0.2, 0.25) is 0 Å². The molecule has 1 saturated carbocycles. The van der Waals surface area contributed by atoms with Crippen molar-refractivity contribution in [3.8, 4) is 0 Å². The second-order valence-electron chi connectivity index (χ2n) is 8.50. The Balaban J connectivity index is 1.54. The minimum Gasteiger partial charge on any atom is -0.381 e. The molecule has 152 valence electrons. The van der Waals surface area contributed by atoms with Crippen molar-refractivity contribution in [3.05, 3.63) is 47.8 Å². The Bertz CT molecular complexity index is 1010. The van der Waals surface area contributed by atoms with Crippen LogP contribution >= 0.6 is 0 Å². The fourth-order valence-electron chi connectivity index (χ4n) is 4.92. The van der Waals surface area contributed by atoms with Crippen molar-refractivity contribution in [2.24, 2.45) is 5.73 Å². The van der Waals surface area contributed by atoms with Crippen LogP contribution in [0.1, 0.15) is 61.4 Å². The van der Waals surface area contributed by atoms with E-state index in [0.29, 0.717) is 17.4 Å². The normalized spacial score (nSPS) is 20.6. The SMILES string of the molecule is Nc1nccn2c(Cc3cc(C4CCCC4)ncc3N3CCC[C@@H](N)C3)cnc12. The molecule has 0 bridgehead atoms. The maximum Gasteiger partial charge on any atom is 0.180 e. The van der Waals surface area contributed by atoms with Crippen LogP contribution in [0.4, 0.5) is 11.5 Å². The number of aromatic nitrogens is 4. The van der Waals surface area contributed by atoms with Crippen molar-refractivity contribution in [3.63, 3.8) is 0 Å². The second-order valence-corrected chi connectivity index (χ2v) is 8.50. The van der Waals surface area contributed by atoms with Crippen molar-refractivity contribution >= 4 is 17.2 Å². The fraction of sp³-hybridized carbons (Fsp3) is 0.500. The van der Waals surface area contributed by atoms with Gasteiger partial charge in [0.15, 0.2) is 11.5 Å². The van der Waals surface area contributed by atoms with Crippen molar-refractivity contribution < 1.29 is 0 Å². The molecule has 1 aliphatic carbocycles. The second kappa shape index (κ2) is 7.63. The fourth-order valence-corrected chi connectivity index (χ4v) is 4.92. The number of hydrogen-bond acceptors (Lipinski definition) is 6. The summed E-state index contributed by atoms with van der Waals surface area (Å²) < 4.78 is 2.05. The van der Waals surface area contributed by atoms with Crippen LogP contribution in [0, 0.1) is 0 Å². The topological polar surface area (TPSA) is 98.4 Å². The minimum atomic E-state index is 0.229. The molecule has 1 aliphatic heterocycles. The molecule has 5 rings (SSSR count). The number of fused-ring (bicyclic) bond motifs is 1. The van der Waals surface area contributed by atoms with Crippen molar-refractivity contribution in [2.45, 2.75) is 56.9 Å². The molecule has 0 spiro atoms. The highest BCUT2D eigenvalue weighted by atomic mass is 15.2. The highest BCUT2D eigenvalue weighted by molar-refractivity contribution is 5.61. The monoisotopic (exact) mass is 391 g/mol. The standard InChI is InChI=1S/C22H29N7/c23-17-6-3-8-28(14-17)20-13-26-19(15-4-1-2-5-15)11-16(20)10-18-12-27-22-21(24)25-7-9-29(18)22/h7,9,11-13,15,17H,1-6,8,10,14,23H2,(H2,24,25)/t17-/m1/s1. The number of pyridine rings is 1. The first-order chi connectivity index (χ1) is 14.2. The van der Waals surface area contributed by atoms with Crippen LogP contribution in [0.5, 0.6) is 0 Å². The van der Waals surface area contributed by atoms with E-state index in [0.717, 1.165) is 38.0 Å². The average molecular weight is 392 g/mol. The molecule has 4 heterocycles. The Morgan fingerprint density at radius 1 is 1.03 bits per heavy atom. The molecule has 0 amide bonds. The van der Waals surface area contributed by atoms with Crippen molar-refractivity contribution in [1.82, 2.24) is 19.4 Å². The van der Waals surface area contributed by atoms with Crippen LogP contribution in [-0.2, 0) is 6.42 Å². The van der Waals surface area contributed by atoms with Gasteiger partial charge in [-0.3, -0.25) is 9.38 Å². The first kappa shape index (κ1) is 18.4. The number of imidazole rings is 1. The Kier molecular flexibility index (Phi) is 4.83. The van der Waals surface area contributed by atoms with Gasteiger partial charge in [-0.05, 0) is 37.3 Å². The van der Waals surface area contributed by atoms with Gasteiger partial charge in [0.05, 0.1) is 11.9 Å². The summed E-state index contributed by atoms with van der Waals surface area (Å²) in [6, 6.07) is 2.56. The summed E-state index contributed by atoms with van der Waals surface area (Å²) in [5.74, 6) is 1.05. The smallest absolute Gasteiger partial charge is 0.180 e. The summed E-state index contributed by atoms with van der Waals surface area (Å²) in [5.41, 5.74) is 17.8. The van der Waals surface area contributed by atoms with Gasteiger partial charge in [0.1, 0.15) is 0 Å². The molecule has 1 saturated heterocycles. The Morgan fingerprint density at radius 2 is 1.90 bits per heavy atom. The van der Waals surface area contributed by atoms with Gasteiger partial charge in [-0.1, -0.05) is 12.8 Å². The minimum absolute atomic E-state index is 0.229. The van der Waals surface area contributed by atoms with Gasteiger partial charge >= 0.3 is 0 Å². The summed E-state index contributed by atoms with van der Waals surface area (Å²) in [6.07, 6.45) is 15.8. The van der Waals surface area contributed by atoms with E-state index in [4.69, 9.17) is 16.5 Å². The molecule has 7 heteroatoms. The van der Waals surface area contributed by atoms with Gasteiger partial charge in [-0.25, -0.2) is 9.97 Å². The quantitative estimate of drug-likeness (QED) is 0.710. The highest BCUT2D eigenvalue weighted by Crippen LogP contribution is 2.35. The summed E-state index contributed by atoms with van der Waals surface area (Å²) in [6.45, 7) is 1.93. The third-order valence-electron chi connectivity index (χ3n) is 6.46.